The third kappa shape index (κ3) is 4.22. The van der Waals surface area contributed by atoms with Gasteiger partial charge in [0.15, 0.2) is 5.13 Å². The van der Waals surface area contributed by atoms with Gasteiger partial charge in [-0.1, -0.05) is 12.1 Å². The Morgan fingerprint density at radius 2 is 2.10 bits per heavy atom. The maximum absolute atomic E-state index is 6.07. The Hall–Kier alpha value is -2.02. The van der Waals surface area contributed by atoms with Gasteiger partial charge in [0.1, 0.15) is 6.10 Å². The molecule has 6 heteroatoms. The van der Waals surface area contributed by atoms with E-state index in [1.165, 1.54) is 30.3 Å². The number of likely N-dealkylation sites (tertiary alicyclic amines) is 1. The van der Waals surface area contributed by atoms with Crippen LogP contribution < -0.4 is 4.90 Å². The van der Waals surface area contributed by atoms with Crippen molar-refractivity contribution in [3.63, 3.8) is 0 Å². The summed E-state index contributed by atoms with van der Waals surface area (Å²) in [5.41, 5.74) is 4.54. The van der Waals surface area contributed by atoms with Crippen LogP contribution in [0.25, 0.3) is 10.9 Å². The highest BCUT2D eigenvalue weighted by atomic mass is 32.1. The fourth-order valence-corrected chi connectivity index (χ4v) is 5.45. The van der Waals surface area contributed by atoms with Crippen molar-refractivity contribution >= 4 is 27.4 Å². The van der Waals surface area contributed by atoms with Crippen molar-refractivity contribution in [2.24, 2.45) is 0 Å². The molecule has 30 heavy (non-hydrogen) atoms. The van der Waals surface area contributed by atoms with E-state index in [2.05, 4.69) is 57.4 Å². The lowest BCUT2D eigenvalue weighted by Gasteiger charge is -2.32. The average molecular weight is 423 g/mol. The fourth-order valence-electron chi connectivity index (χ4n) is 4.61. The summed E-state index contributed by atoms with van der Waals surface area (Å²) in [7, 11) is 0. The molecule has 2 aromatic heterocycles. The first-order valence-electron chi connectivity index (χ1n) is 11.1. The van der Waals surface area contributed by atoms with Gasteiger partial charge in [0.05, 0.1) is 30.1 Å². The summed E-state index contributed by atoms with van der Waals surface area (Å²) in [5, 5.41) is 4.41. The summed E-state index contributed by atoms with van der Waals surface area (Å²) in [5.74, 6) is 0. The summed E-state index contributed by atoms with van der Waals surface area (Å²) < 4.78 is 6.07. The number of thiazole rings is 1. The normalized spacial score (nSPS) is 22.8. The Morgan fingerprint density at radius 1 is 1.17 bits per heavy atom. The van der Waals surface area contributed by atoms with E-state index < -0.39 is 0 Å². The number of anilines is 1. The van der Waals surface area contributed by atoms with E-state index in [-0.39, 0.29) is 6.10 Å². The zero-order chi connectivity index (χ0) is 20.5. The van der Waals surface area contributed by atoms with Crippen molar-refractivity contribution in [2.75, 3.05) is 37.7 Å². The number of pyridine rings is 1. The number of rotatable bonds is 5. The molecule has 158 valence electrons. The van der Waals surface area contributed by atoms with E-state index in [9.17, 15) is 0 Å². The zero-order valence-electron chi connectivity index (χ0n) is 17.9. The van der Waals surface area contributed by atoms with Crippen LogP contribution in [0.5, 0.6) is 0 Å². The number of fused-ring (bicyclic) bond motifs is 1. The van der Waals surface area contributed by atoms with Crippen molar-refractivity contribution in [1.29, 1.82) is 0 Å². The molecule has 3 aromatic rings. The largest absolute Gasteiger partial charge is 0.368 e. The minimum atomic E-state index is -0.0105. The quantitative estimate of drug-likeness (QED) is 0.601. The summed E-state index contributed by atoms with van der Waals surface area (Å²) in [6.07, 6.45) is 3.78. The molecule has 2 fully saturated rings. The van der Waals surface area contributed by atoms with Gasteiger partial charge in [-0.05, 0) is 63.4 Å². The second-order valence-electron chi connectivity index (χ2n) is 8.62. The van der Waals surface area contributed by atoms with Crippen molar-refractivity contribution in [3.05, 3.63) is 52.7 Å². The minimum Gasteiger partial charge on any atom is -0.368 e. The monoisotopic (exact) mass is 422 g/mol. The van der Waals surface area contributed by atoms with Crippen LogP contribution in [0.4, 0.5) is 5.13 Å². The molecule has 2 saturated heterocycles. The van der Waals surface area contributed by atoms with Crippen LogP contribution in [-0.2, 0) is 11.2 Å². The van der Waals surface area contributed by atoms with Gasteiger partial charge in [-0.15, -0.1) is 11.3 Å². The Morgan fingerprint density at radius 3 is 2.90 bits per heavy atom. The Balaban J connectivity index is 1.28. The topological polar surface area (TPSA) is 41.5 Å². The molecule has 0 radical (unpaired) electrons. The van der Waals surface area contributed by atoms with E-state index in [4.69, 9.17) is 9.72 Å². The smallest absolute Gasteiger partial charge is 0.185 e. The number of aryl methyl sites for hydroxylation is 1. The first kappa shape index (κ1) is 19.9. The van der Waals surface area contributed by atoms with Gasteiger partial charge in [-0.2, -0.15) is 0 Å². The molecule has 0 N–H and O–H groups in total. The molecule has 0 aliphatic carbocycles. The lowest BCUT2D eigenvalue weighted by Crippen LogP contribution is -2.38. The highest BCUT2D eigenvalue weighted by Crippen LogP contribution is 2.28. The van der Waals surface area contributed by atoms with Gasteiger partial charge in [0.25, 0.3) is 0 Å². The summed E-state index contributed by atoms with van der Waals surface area (Å²) in [4.78, 5) is 14.5. The second-order valence-corrected chi connectivity index (χ2v) is 9.45. The lowest BCUT2D eigenvalue weighted by atomic mass is 10.1. The third-order valence-electron chi connectivity index (χ3n) is 6.43. The first-order chi connectivity index (χ1) is 14.7. The van der Waals surface area contributed by atoms with Gasteiger partial charge < -0.3 is 14.5 Å². The van der Waals surface area contributed by atoms with Gasteiger partial charge in [0, 0.05) is 29.9 Å². The second kappa shape index (κ2) is 8.61. The number of hydrogen-bond donors (Lipinski definition) is 0. The van der Waals surface area contributed by atoms with Crippen LogP contribution in [0.2, 0.25) is 0 Å². The van der Waals surface area contributed by atoms with Gasteiger partial charge in [-0.3, -0.25) is 0 Å². The number of benzene rings is 1. The van der Waals surface area contributed by atoms with Crippen molar-refractivity contribution in [2.45, 2.75) is 45.3 Å². The van der Waals surface area contributed by atoms with E-state index in [0.29, 0.717) is 6.61 Å². The molecule has 0 saturated carbocycles. The SMILES string of the molecule is Cc1csc(N2CCOC(c3ccc4cc(CCN5CCC[C@H]5C)ccc4n3)C2)n1. The summed E-state index contributed by atoms with van der Waals surface area (Å²) >= 11 is 1.71. The lowest BCUT2D eigenvalue weighted by molar-refractivity contribution is 0.0372. The molecule has 2 aliphatic rings. The molecule has 2 aliphatic heterocycles. The molecule has 5 rings (SSSR count). The summed E-state index contributed by atoms with van der Waals surface area (Å²) in [6.45, 7) is 9.19. The maximum Gasteiger partial charge on any atom is 0.185 e. The van der Waals surface area contributed by atoms with Crippen molar-refractivity contribution in [3.8, 4) is 0 Å². The minimum absolute atomic E-state index is 0.0105. The highest BCUT2D eigenvalue weighted by Gasteiger charge is 2.25. The number of hydrogen-bond acceptors (Lipinski definition) is 6. The highest BCUT2D eigenvalue weighted by molar-refractivity contribution is 7.13. The molecule has 1 aromatic carbocycles. The van der Waals surface area contributed by atoms with Crippen LogP contribution in [0.15, 0.2) is 35.7 Å². The molecule has 0 spiro atoms. The van der Waals surface area contributed by atoms with Gasteiger partial charge in [-0.25, -0.2) is 9.97 Å². The molecule has 4 heterocycles. The first-order valence-corrected chi connectivity index (χ1v) is 12.0. The van der Waals surface area contributed by atoms with E-state index >= 15 is 0 Å². The van der Waals surface area contributed by atoms with E-state index in [1.807, 2.05) is 6.92 Å². The number of ether oxygens (including phenoxy) is 1. The predicted octanol–water partition coefficient (Wildman–Crippen LogP) is 4.60. The average Bonchev–Trinajstić information content (AvgIpc) is 3.40. The zero-order valence-corrected chi connectivity index (χ0v) is 18.7. The van der Waals surface area contributed by atoms with Crippen LogP contribution in [-0.4, -0.2) is 53.7 Å². The Labute approximate surface area is 182 Å². The number of aromatic nitrogens is 2. The molecule has 1 unspecified atom stereocenters. The molecule has 2 atom stereocenters. The molecule has 0 amide bonds. The van der Waals surface area contributed by atoms with E-state index in [1.54, 1.807) is 11.3 Å². The maximum atomic E-state index is 6.07. The fraction of sp³-hybridized carbons (Fsp3) is 0.500. The van der Waals surface area contributed by atoms with Crippen LogP contribution in [0.3, 0.4) is 0 Å². The van der Waals surface area contributed by atoms with Crippen LogP contribution >= 0.6 is 11.3 Å². The summed E-state index contributed by atoms with van der Waals surface area (Å²) in [6, 6.07) is 11.8. The Kier molecular flexibility index (Phi) is 5.72. The molecular weight excluding hydrogens is 392 g/mol. The Bertz CT molecular complexity index is 1020. The number of morpholine rings is 1. The van der Waals surface area contributed by atoms with Gasteiger partial charge >= 0.3 is 0 Å². The van der Waals surface area contributed by atoms with E-state index in [0.717, 1.165) is 54.1 Å². The molecule has 5 nitrogen and oxygen atoms in total. The predicted molar refractivity (Wildman–Crippen MR) is 123 cm³/mol. The molecule has 0 bridgehead atoms. The van der Waals surface area contributed by atoms with Crippen LogP contribution in [0, 0.1) is 6.92 Å². The van der Waals surface area contributed by atoms with Gasteiger partial charge in [0.2, 0.25) is 0 Å². The third-order valence-corrected chi connectivity index (χ3v) is 7.45. The van der Waals surface area contributed by atoms with Crippen molar-refractivity contribution < 1.29 is 4.74 Å². The van der Waals surface area contributed by atoms with Crippen molar-refractivity contribution in [1.82, 2.24) is 14.9 Å². The number of nitrogens with zero attached hydrogens (tertiary/aromatic N) is 4. The standard InChI is InChI=1S/C24H30N4OS/c1-17-16-30-24(25-17)28-12-13-29-23(15-28)22-8-6-20-14-19(5-7-21(20)26-22)9-11-27-10-3-4-18(27)2/h5-8,14,16,18,23H,3-4,9-13,15H2,1-2H3/t18-,23?/m1/s1. The van der Waals surface area contributed by atoms with Crippen LogP contribution in [0.1, 0.15) is 42.8 Å². The molecular formula is C24H30N4OS.